The van der Waals surface area contributed by atoms with Crippen LogP contribution in [0.25, 0.3) is 0 Å². The molecule has 1 aromatic carbocycles. The smallest absolute Gasteiger partial charge is 0.338 e. The molecule has 2 fully saturated rings. The lowest BCUT2D eigenvalue weighted by atomic mass is 10.2. The second kappa shape index (κ2) is 8.23. The summed E-state index contributed by atoms with van der Waals surface area (Å²) in [6.45, 7) is 4.93. The molecule has 162 valence electrons. The molecule has 2 heterocycles. The van der Waals surface area contributed by atoms with E-state index < -0.39 is 17.9 Å². The van der Waals surface area contributed by atoms with Gasteiger partial charge in [-0.05, 0) is 43.5 Å². The van der Waals surface area contributed by atoms with Crippen LogP contribution in [-0.2, 0) is 17.5 Å². The van der Waals surface area contributed by atoms with Gasteiger partial charge in [0.2, 0.25) is 5.91 Å². The van der Waals surface area contributed by atoms with Crippen molar-refractivity contribution in [2.24, 2.45) is 0 Å². The predicted molar refractivity (Wildman–Crippen MR) is 107 cm³/mol. The average molecular weight is 441 g/mol. The number of benzene rings is 1. The molecule has 1 aliphatic carbocycles. The van der Waals surface area contributed by atoms with Crippen LogP contribution < -0.4 is 0 Å². The summed E-state index contributed by atoms with van der Waals surface area (Å²) in [4.78, 5) is 17.0. The molecule has 1 saturated heterocycles. The van der Waals surface area contributed by atoms with Crippen LogP contribution in [0, 0.1) is 0 Å². The van der Waals surface area contributed by atoms with E-state index in [4.69, 9.17) is 11.6 Å². The van der Waals surface area contributed by atoms with Gasteiger partial charge in [0.15, 0.2) is 5.69 Å². The van der Waals surface area contributed by atoms with Crippen molar-refractivity contribution < 1.29 is 18.0 Å². The van der Waals surface area contributed by atoms with Crippen LogP contribution in [0.15, 0.2) is 30.3 Å². The van der Waals surface area contributed by atoms with E-state index in [-0.39, 0.29) is 11.8 Å². The van der Waals surface area contributed by atoms with E-state index in [0.29, 0.717) is 36.9 Å². The fourth-order valence-corrected chi connectivity index (χ4v) is 4.01. The summed E-state index contributed by atoms with van der Waals surface area (Å²) in [6.07, 6.45) is -2.83. The third-order valence-electron chi connectivity index (χ3n) is 5.78. The molecule has 0 spiro atoms. The van der Waals surface area contributed by atoms with Gasteiger partial charge in [-0.15, -0.1) is 0 Å². The van der Waals surface area contributed by atoms with Crippen LogP contribution in [0.3, 0.4) is 0 Å². The van der Waals surface area contributed by atoms with E-state index in [0.717, 1.165) is 31.0 Å². The molecule has 0 N–H and O–H groups in total. The van der Waals surface area contributed by atoms with Gasteiger partial charge >= 0.3 is 6.18 Å². The Morgan fingerprint density at radius 1 is 1.17 bits per heavy atom. The summed E-state index contributed by atoms with van der Waals surface area (Å²) >= 11 is 5.92. The molecule has 5 nitrogen and oxygen atoms in total. The number of hydrogen-bond acceptors (Lipinski definition) is 3. The molecule has 4 rings (SSSR count). The van der Waals surface area contributed by atoms with Gasteiger partial charge in [0.1, 0.15) is 6.04 Å². The minimum absolute atomic E-state index is 0.0695. The number of halogens is 4. The van der Waals surface area contributed by atoms with Crippen LogP contribution in [-0.4, -0.2) is 51.7 Å². The van der Waals surface area contributed by atoms with Crippen molar-refractivity contribution in [3.8, 4) is 0 Å². The van der Waals surface area contributed by atoms with E-state index in [2.05, 4.69) is 10.00 Å². The predicted octanol–water partition coefficient (Wildman–Crippen LogP) is 4.34. The zero-order valence-electron chi connectivity index (χ0n) is 16.7. The first-order chi connectivity index (χ1) is 14.2. The monoisotopic (exact) mass is 440 g/mol. The van der Waals surface area contributed by atoms with E-state index in [1.54, 1.807) is 11.8 Å². The summed E-state index contributed by atoms with van der Waals surface area (Å²) in [7, 11) is 0. The second-order valence-electron chi connectivity index (χ2n) is 8.07. The quantitative estimate of drug-likeness (QED) is 0.694. The fraction of sp³-hybridized carbons (Fsp3) is 0.524. The Morgan fingerprint density at radius 2 is 1.80 bits per heavy atom. The molecule has 1 aromatic heterocycles. The lowest BCUT2D eigenvalue weighted by Gasteiger charge is -2.36. The maximum Gasteiger partial charge on any atom is 0.435 e. The Balaban J connectivity index is 1.39. The third kappa shape index (κ3) is 4.64. The van der Waals surface area contributed by atoms with Crippen LogP contribution in [0.4, 0.5) is 13.2 Å². The number of rotatable bonds is 5. The molecule has 1 atom stereocenters. The highest BCUT2D eigenvalue weighted by Crippen LogP contribution is 2.43. The Bertz CT molecular complexity index is 900. The number of hydrogen-bond donors (Lipinski definition) is 0. The number of carbonyl (C=O) groups is 1. The highest BCUT2D eigenvalue weighted by atomic mass is 35.5. The largest absolute Gasteiger partial charge is 0.435 e. The lowest BCUT2D eigenvalue weighted by molar-refractivity contribution is -0.143. The van der Waals surface area contributed by atoms with Crippen LogP contribution in [0.5, 0.6) is 0 Å². The van der Waals surface area contributed by atoms with Gasteiger partial charge < -0.3 is 4.90 Å². The van der Waals surface area contributed by atoms with Crippen molar-refractivity contribution in [3.63, 3.8) is 0 Å². The first kappa shape index (κ1) is 21.2. The van der Waals surface area contributed by atoms with E-state index in [1.165, 1.54) is 4.68 Å². The molecule has 0 bridgehead atoms. The maximum atomic E-state index is 13.1. The highest BCUT2D eigenvalue weighted by Gasteiger charge is 2.39. The van der Waals surface area contributed by atoms with Crippen LogP contribution >= 0.6 is 11.6 Å². The number of piperazine rings is 1. The van der Waals surface area contributed by atoms with E-state index in [1.807, 2.05) is 24.3 Å². The molecule has 1 unspecified atom stereocenters. The van der Waals surface area contributed by atoms with Crippen molar-refractivity contribution in [3.05, 3.63) is 52.3 Å². The minimum atomic E-state index is -4.51. The number of alkyl halides is 3. The van der Waals surface area contributed by atoms with Crippen LogP contribution in [0.1, 0.15) is 48.7 Å². The molecular weight excluding hydrogens is 417 g/mol. The first-order valence-corrected chi connectivity index (χ1v) is 10.5. The van der Waals surface area contributed by atoms with Crippen molar-refractivity contribution >= 4 is 17.5 Å². The molecule has 1 amide bonds. The van der Waals surface area contributed by atoms with Gasteiger partial charge in [0, 0.05) is 49.4 Å². The van der Waals surface area contributed by atoms with Gasteiger partial charge in [-0.3, -0.25) is 14.4 Å². The number of amides is 1. The molecule has 2 aliphatic rings. The third-order valence-corrected chi connectivity index (χ3v) is 6.03. The Morgan fingerprint density at radius 3 is 2.37 bits per heavy atom. The van der Waals surface area contributed by atoms with Crippen LogP contribution in [0.2, 0.25) is 5.02 Å². The van der Waals surface area contributed by atoms with Crippen molar-refractivity contribution in [1.82, 2.24) is 19.6 Å². The highest BCUT2D eigenvalue weighted by molar-refractivity contribution is 6.30. The maximum absolute atomic E-state index is 13.1. The SMILES string of the molecule is CC(C(=O)N1CCN(Cc2ccc(Cl)cc2)CC1)n1nc(C(F)(F)F)cc1C1CC1. The number of aromatic nitrogens is 2. The summed E-state index contributed by atoms with van der Waals surface area (Å²) in [5.74, 6) is -0.111. The Labute approximate surface area is 178 Å². The number of carbonyl (C=O) groups excluding carboxylic acids is 1. The zero-order valence-corrected chi connectivity index (χ0v) is 17.5. The molecular formula is C21H24ClF3N4O. The molecule has 1 aliphatic heterocycles. The Hall–Kier alpha value is -2.06. The average Bonchev–Trinajstić information content (AvgIpc) is 3.46. The van der Waals surface area contributed by atoms with E-state index in [9.17, 15) is 18.0 Å². The topological polar surface area (TPSA) is 41.4 Å². The van der Waals surface area contributed by atoms with Gasteiger partial charge in [-0.2, -0.15) is 18.3 Å². The molecule has 2 aromatic rings. The van der Waals surface area contributed by atoms with Gasteiger partial charge in [-0.25, -0.2) is 0 Å². The number of nitrogens with zero attached hydrogens (tertiary/aromatic N) is 4. The summed E-state index contributed by atoms with van der Waals surface area (Å²) in [5.41, 5.74) is 0.749. The first-order valence-electron chi connectivity index (χ1n) is 10.1. The summed E-state index contributed by atoms with van der Waals surface area (Å²) in [5, 5.41) is 4.45. The normalized spacial score (nSPS) is 19.2. The van der Waals surface area contributed by atoms with Crippen molar-refractivity contribution in [2.45, 2.75) is 44.4 Å². The molecule has 30 heavy (non-hydrogen) atoms. The van der Waals surface area contributed by atoms with Gasteiger partial charge in [-0.1, -0.05) is 23.7 Å². The van der Waals surface area contributed by atoms with E-state index >= 15 is 0 Å². The standard InChI is InChI=1S/C21H24ClF3N4O/c1-14(29-18(16-4-5-16)12-19(26-29)21(23,24)25)20(30)28-10-8-27(9-11-28)13-15-2-6-17(22)7-3-15/h2-3,6-7,12,14,16H,4-5,8-11,13H2,1H3. The molecule has 1 saturated carbocycles. The van der Waals surface area contributed by atoms with Crippen molar-refractivity contribution in [1.29, 1.82) is 0 Å². The molecule has 9 heteroatoms. The van der Waals surface area contributed by atoms with Crippen molar-refractivity contribution in [2.75, 3.05) is 26.2 Å². The zero-order chi connectivity index (χ0) is 21.5. The van der Waals surface area contributed by atoms with Gasteiger partial charge in [0.25, 0.3) is 0 Å². The lowest BCUT2D eigenvalue weighted by Crippen LogP contribution is -2.50. The molecule has 0 radical (unpaired) electrons. The Kier molecular flexibility index (Phi) is 5.81. The summed E-state index contributed by atoms with van der Waals surface area (Å²) in [6, 6.07) is 8.03. The fourth-order valence-electron chi connectivity index (χ4n) is 3.88. The summed E-state index contributed by atoms with van der Waals surface area (Å²) < 4.78 is 40.7. The minimum Gasteiger partial charge on any atom is -0.338 e. The second-order valence-corrected chi connectivity index (χ2v) is 8.51. The van der Waals surface area contributed by atoms with Gasteiger partial charge in [0.05, 0.1) is 0 Å².